The Bertz CT molecular complexity index is 842. The van der Waals surface area contributed by atoms with E-state index < -0.39 is 0 Å². The summed E-state index contributed by atoms with van der Waals surface area (Å²) in [5.41, 5.74) is 4.44. The molecule has 0 unspecified atom stereocenters. The number of aromatic nitrogens is 2. The lowest BCUT2D eigenvalue weighted by molar-refractivity contribution is 0.671. The van der Waals surface area contributed by atoms with Gasteiger partial charge in [-0.05, 0) is 45.4 Å². The van der Waals surface area contributed by atoms with E-state index in [0.29, 0.717) is 12.0 Å². The van der Waals surface area contributed by atoms with Crippen LogP contribution in [0.1, 0.15) is 30.7 Å². The first-order valence-electron chi connectivity index (χ1n) is 9.01. The van der Waals surface area contributed by atoms with Crippen molar-refractivity contribution in [2.75, 3.05) is 10.2 Å². The molecule has 0 radical (unpaired) electrons. The molecule has 1 heterocycles. The third-order valence-electron chi connectivity index (χ3n) is 4.26. The summed E-state index contributed by atoms with van der Waals surface area (Å²) in [6.45, 7) is 9.28. The number of hydrogen-bond acceptors (Lipinski definition) is 4. The predicted molar refractivity (Wildman–Crippen MR) is 109 cm³/mol. The van der Waals surface area contributed by atoms with E-state index in [1.807, 2.05) is 31.2 Å². The fourth-order valence-corrected chi connectivity index (χ4v) is 2.83. The molecule has 3 aromatic rings. The van der Waals surface area contributed by atoms with E-state index in [-0.39, 0.29) is 0 Å². The molecule has 4 nitrogen and oxygen atoms in total. The minimum absolute atomic E-state index is 0.330. The van der Waals surface area contributed by atoms with Crippen LogP contribution in [0.25, 0.3) is 0 Å². The minimum atomic E-state index is 0.330. The van der Waals surface area contributed by atoms with Crippen molar-refractivity contribution in [3.05, 3.63) is 77.5 Å². The van der Waals surface area contributed by atoms with E-state index in [1.54, 1.807) is 0 Å². The first-order valence-corrected chi connectivity index (χ1v) is 9.01. The SMILES string of the molecule is Cc1ccc(Nc2nc(C)cc(N(Cc3ccccc3)C(C)C)n2)cc1. The normalized spacial score (nSPS) is 10.8. The second kappa shape index (κ2) is 8.00. The fraction of sp³-hybridized carbons (Fsp3) is 0.273. The van der Waals surface area contributed by atoms with Gasteiger partial charge in [-0.25, -0.2) is 4.98 Å². The molecule has 0 spiro atoms. The third-order valence-corrected chi connectivity index (χ3v) is 4.26. The maximum atomic E-state index is 4.77. The van der Waals surface area contributed by atoms with Gasteiger partial charge in [0, 0.05) is 30.0 Å². The Morgan fingerprint density at radius 3 is 2.27 bits per heavy atom. The third kappa shape index (κ3) is 4.60. The number of hydrogen-bond donors (Lipinski definition) is 1. The quantitative estimate of drug-likeness (QED) is 0.661. The lowest BCUT2D eigenvalue weighted by Gasteiger charge is -2.28. The molecule has 0 amide bonds. The second-order valence-electron chi connectivity index (χ2n) is 6.89. The van der Waals surface area contributed by atoms with E-state index in [1.165, 1.54) is 11.1 Å². The first kappa shape index (κ1) is 17.9. The number of nitrogens with one attached hydrogen (secondary N) is 1. The minimum Gasteiger partial charge on any atom is -0.350 e. The van der Waals surface area contributed by atoms with Gasteiger partial charge in [0.1, 0.15) is 5.82 Å². The summed E-state index contributed by atoms with van der Waals surface area (Å²) < 4.78 is 0. The van der Waals surface area contributed by atoms with Gasteiger partial charge in [0.2, 0.25) is 5.95 Å². The number of anilines is 3. The smallest absolute Gasteiger partial charge is 0.229 e. The summed E-state index contributed by atoms with van der Waals surface area (Å²) in [5, 5.41) is 3.32. The highest BCUT2D eigenvalue weighted by atomic mass is 15.2. The molecule has 0 fully saturated rings. The lowest BCUT2D eigenvalue weighted by Crippen LogP contribution is -2.31. The Labute approximate surface area is 155 Å². The molecule has 3 rings (SSSR count). The standard InChI is InChI=1S/C22H26N4/c1-16(2)26(15-19-8-6-5-7-9-19)21-14-18(4)23-22(25-21)24-20-12-10-17(3)11-13-20/h5-14,16H,15H2,1-4H3,(H,23,24,25). The average molecular weight is 346 g/mol. The zero-order chi connectivity index (χ0) is 18.5. The van der Waals surface area contributed by atoms with Crippen LogP contribution < -0.4 is 10.2 Å². The number of nitrogens with zero attached hydrogens (tertiary/aromatic N) is 3. The summed E-state index contributed by atoms with van der Waals surface area (Å²) in [4.78, 5) is 11.6. The number of benzene rings is 2. The maximum absolute atomic E-state index is 4.77. The van der Waals surface area contributed by atoms with E-state index in [9.17, 15) is 0 Å². The van der Waals surface area contributed by atoms with Crippen LogP contribution in [0, 0.1) is 13.8 Å². The average Bonchev–Trinajstić information content (AvgIpc) is 2.62. The van der Waals surface area contributed by atoms with Crippen LogP contribution in [0.4, 0.5) is 17.5 Å². The van der Waals surface area contributed by atoms with Gasteiger partial charge in [-0.2, -0.15) is 4.98 Å². The van der Waals surface area contributed by atoms with Crippen molar-refractivity contribution in [3.8, 4) is 0 Å². The highest BCUT2D eigenvalue weighted by Gasteiger charge is 2.15. The first-order chi connectivity index (χ1) is 12.5. The van der Waals surface area contributed by atoms with Crippen molar-refractivity contribution in [1.29, 1.82) is 0 Å². The van der Waals surface area contributed by atoms with Gasteiger partial charge in [-0.3, -0.25) is 0 Å². The van der Waals surface area contributed by atoms with E-state index in [2.05, 4.69) is 72.4 Å². The van der Waals surface area contributed by atoms with Crippen LogP contribution in [-0.4, -0.2) is 16.0 Å². The van der Waals surface area contributed by atoms with E-state index in [0.717, 1.165) is 23.7 Å². The number of rotatable bonds is 6. The highest BCUT2D eigenvalue weighted by Crippen LogP contribution is 2.22. The van der Waals surface area contributed by atoms with Crippen molar-refractivity contribution in [1.82, 2.24) is 9.97 Å². The van der Waals surface area contributed by atoms with Gasteiger partial charge >= 0.3 is 0 Å². The molecule has 0 saturated heterocycles. The molecule has 2 aromatic carbocycles. The molecule has 26 heavy (non-hydrogen) atoms. The maximum Gasteiger partial charge on any atom is 0.229 e. The molecule has 134 valence electrons. The Morgan fingerprint density at radius 1 is 0.923 bits per heavy atom. The largest absolute Gasteiger partial charge is 0.350 e. The zero-order valence-corrected chi connectivity index (χ0v) is 15.9. The number of aryl methyl sites for hydroxylation is 2. The monoisotopic (exact) mass is 346 g/mol. The Balaban J connectivity index is 1.87. The summed E-state index contributed by atoms with van der Waals surface area (Å²) in [6, 6.07) is 21.1. The van der Waals surface area contributed by atoms with E-state index in [4.69, 9.17) is 4.98 Å². The predicted octanol–water partition coefficient (Wildman–Crippen LogP) is 5.25. The van der Waals surface area contributed by atoms with Crippen LogP contribution in [-0.2, 0) is 6.54 Å². The van der Waals surface area contributed by atoms with Gasteiger partial charge in [0.05, 0.1) is 0 Å². The fourth-order valence-electron chi connectivity index (χ4n) is 2.83. The molecule has 4 heteroatoms. The summed E-state index contributed by atoms with van der Waals surface area (Å²) >= 11 is 0. The molecule has 0 aliphatic heterocycles. The molecular weight excluding hydrogens is 320 g/mol. The molecule has 0 atom stereocenters. The molecular formula is C22H26N4. The molecule has 1 N–H and O–H groups in total. The molecule has 0 saturated carbocycles. The van der Waals surface area contributed by atoms with Crippen LogP contribution in [0.5, 0.6) is 0 Å². The van der Waals surface area contributed by atoms with Crippen molar-refractivity contribution in [2.24, 2.45) is 0 Å². The van der Waals surface area contributed by atoms with Crippen molar-refractivity contribution < 1.29 is 0 Å². The highest BCUT2D eigenvalue weighted by molar-refractivity contribution is 5.56. The Hall–Kier alpha value is -2.88. The molecule has 1 aromatic heterocycles. The van der Waals surface area contributed by atoms with Crippen molar-refractivity contribution in [3.63, 3.8) is 0 Å². The van der Waals surface area contributed by atoms with Gasteiger partial charge in [0.15, 0.2) is 0 Å². The Morgan fingerprint density at radius 2 is 1.62 bits per heavy atom. The van der Waals surface area contributed by atoms with Gasteiger partial charge in [-0.1, -0.05) is 48.0 Å². The molecule has 0 aliphatic rings. The lowest BCUT2D eigenvalue weighted by atomic mass is 10.2. The van der Waals surface area contributed by atoms with E-state index >= 15 is 0 Å². The van der Waals surface area contributed by atoms with Crippen LogP contribution in [0.3, 0.4) is 0 Å². The second-order valence-corrected chi connectivity index (χ2v) is 6.89. The van der Waals surface area contributed by atoms with Crippen LogP contribution >= 0.6 is 0 Å². The summed E-state index contributed by atoms with van der Waals surface area (Å²) in [6.07, 6.45) is 0. The van der Waals surface area contributed by atoms with Crippen molar-refractivity contribution >= 4 is 17.5 Å². The van der Waals surface area contributed by atoms with Crippen molar-refractivity contribution in [2.45, 2.75) is 40.3 Å². The van der Waals surface area contributed by atoms with Gasteiger partial charge in [0.25, 0.3) is 0 Å². The van der Waals surface area contributed by atoms with Crippen LogP contribution in [0.15, 0.2) is 60.7 Å². The molecule has 0 aliphatic carbocycles. The summed E-state index contributed by atoms with van der Waals surface area (Å²) in [5.74, 6) is 1.56. The Kier molecular flexibility index (Phi) is 5.52. The summed E-state index contributed by atoms with van der Waals surface area (Å²) in [7, 11) is 0. The van der Waals surface area contributed by atoms with Gasteiger partial charge < -0.3 is 10.2 Å². The molecule has 0 bridgehead atoms. The topological polar surface area (TPSA) is 41.1 Å². The van der Waals surface area contributed by atoms with Crippen LogP contribution in [0.2, 0.25) is 0 Å². The zero-order valence-electron chi connectivity index (χ0n) is 15.9. The van der Waals surface area contributed by atoms with Gasteiger partial charge in [-0.15, -0.1) is 0 Å².